The molecule has 0 atom stereocenters. The minimum Gasteiger partial charge on any atom is -0.326 e. The second kappa shape index (κ2) is 10.4. The number of hydrogen-bond acceptors (Lipinski definition) is 6. The van der Waals surface area contributed by atoms with Gasteiger partial charge in [0.1, 0.15) is 0 Å². The maximum Gasteiger partial charge on any atom is 0.266 e. The zero-order valence-corrected chi connectivity index (χ0v) is 23.4. The topological polar surface area (TPSA) is 130 Å². The molecule has 5 rings (SSSR count). The first-order chi connectivity index (χ1) is 19.3. The van der Waals surface area contributed by atoms with Crippen molar-refractivity contribution in [2.24, 2.45) is 11.5 Å². The lowest BCUT2D eigenvalue weighted by Crippen LogP contribution is -2.26. The third-order valence-electron chi connectivity index (χ3n) is 8.26. The molecule has 5 aromatic rings. The van der Waals surface area contributed by atoms with E-state index >= 15 is 0 Å². The van der Waals surface area contributed by atoms with Crippen LogP contribution in [0, 0.1) is 0 Å². The van der Waals surface area contributed by atoms with Gasteiger partial charge in [0.15, 0.2) is 0 Å². The summed E-state index contributed by atoms with van der Waals surface area (Å²) in [6.45, 7) is 8.58. The van der Waals surface area contributed by atoms with Crippen molar-refractivity contribution in [1.82, 2.24) is 9.13 Å². The molecule has 0 unspecified atom stereocenters. The molecule has 8 nitrogen and oxygen atoms in total. The Kier molecular flexibility index (Phi) is 7.16. The molecular weight excluding hydrogens is 504 g/mol. The van der Waals surface area contributed by atoms with Gasteiger partial charge in [-0.05, 0) is 83.3 Å². The van der Waals surface area contributed by atoms with Crippen molar-refractivity contribution >= 4 is 21.5 Å². The van der Waals surface area contributed by atoms with Gasteiger partial charge in [-0.1, -0.05) is 39.8 Å². The maximum atomic E-state index is 13.7. The van der Waals surface area contributed by atoms with Gasteiger partial charge in [0.2, 0.25) is 0 Å². The molecule has 8 heteroatoms. The highest BCUT2D eigenvalue weighted by Crippen LogP contribution is 2.26. The van der Waals surface area contributed by atoms with Crippen LogP contribution in [-0.4, -0.2) is 9.13 Å². The average molecular weight is 539 g/mol. The maximum absolute atomic E-state index is 13.7. The largest absolute Gasteiger partial charge is 0.326 e. The van der Waals surface area contributed by atoms with Crippen molar-refractivity contribution in [3.05, 3.63) is 111 Å². The van der Waals surface area contributed by atoms with Crippen molar-refractivity contribution in [1.29, 1.82) is 0 Å². The van der Waals surface area contributed by atoms with Crippen LogP contribution >= 0.6 is 0 Å². The van der Waals surface area contributed by atoms with E-state index in [0.717, 1.165) is 55.4 Å². The summed E-state index contributed by atoms with van der Waals surface area (Å²) in [5.74, 6) is 0. The van der Waals surface area contributed by atoms with E-state index in [-0.39, 0.29) is 21.5 Å². The third kappa shape index (κ3) is 3.82. The molecule has 3 aromatic carbocycles. The Bertz CT molecular complexity index is 1790. The highest BCUT2D eigenvalue weighted by molar-refractivity contribution is 5.98. The first-order valence-corrected chi connectivity index (χ1v) is 13.9. The number of fused-ring (bicyclic) bond motifs is 2. The first-order valence-electron chi connectivity index (χ1n) is 13.9. The molecule has 2 heterocycles. The lowest BCUT2D eigenvalue weighted by atomic mass is 9.95. The average Bonchev–Trinajstić information content (AvgIpc) is 3.37. The number of rotatable bonds is 8. The summed E-state index contributed by atoms with van der Waals surface area (Å²) in [6.07, 6.45) is 2.74. The fraction of sp³-hybridized carbons (Fsp3) is 0.312. The zero-order valence-electron chi connectivity index (χ0n) is 23.4. The summed E-state index contributed by atoms with van der Waals surface area (Å²) in [4.78, 5) is 54.7. The summed E-state index contributed by atoms with van der Waals surface area (Å²) in [5.41, 5.74) is 16.7. The molecule has 0 aliphatic rings. The monoisotopic (exact) mass is 538 g/mol. The molecule has 0 saturated heterocycles. The van der Waals surface area contributed by atoms with Gasteiger partial charge in [-0.25, -0.2) is 9.13 Å². The van der Waals surface area contributed by atoms with E-state index < -0.39 is 22.2 Å². The quantitative estimate of drug-likeness (QED) is 0.312. The van der Waals surface area contributed by atoms with Gasteiger partial charge in [0.25, 0.3) is 22.2 Å². The molecular formula is C32H34N4O4. The van der Waals surface area contributed by atoms with Crippen LogP contribution in [-0.2, 0) is 38.8 Å². The van der Waals surface area contributed by atoms with Gasteiger partial charge >= 0.3 is 0 Å². The molecule has 0 amide bonds. The Hall–Kier alpha value is -4.14. The number of benzene rings is 3. The Balaban J connectivity index is 1.81. The van der Waals surface area contributed by atoms with Crippen LogP contribution in [0.4, 0.5) is 0 Å². The highest BCUT2D eigenvalue weighted by Gasteiger charge is 2.24. The lowest BCUT2D eigenvalue weighted by molar-refractivity contribution is 0.903. The van der Waals surface area contributed by atoms with Crippen molar-refractivity contribution < 1.29 is 0 Å². The first kappa shape index (κ1) is 27.4. The summed E-state index contributed by atoms with van der Waals surface area (Å²) in [6, 6.07) is 10.2. The van der Waals surface area contributed by atoms with Crippen LogP contribution in [0.25, 0.3) is 32.9 Å². The number of aryl methyl sites for hydroxylation is 2. The number of nitrogens with two attached hydrogens (primary N) is 2. The smallest absolute Gasteiger partial charge is 0.266 e. The second-order valence-electron chi connectivity index (χ2n) is 10.1. The van der Waals surface area contributed by atoms with E-state index in [1.54, 1.807) is 12.1 Å². The van der Waals surface area contributed by atoms with E-state index in [4.69, 9.17) is 11.5 Å². The predicted molar refractivity (Wildman–Crippen MR) is 161 cm³/mol. The molecule has 2 aromatic heterocycles. The van der Waals surface area contributed by atoms with Crippen LogP contribution in [0.15, 0.2) is 55.6 Å². The summed E-state index contributed by atoms with van der Waals surface area (Å²) < 4.78 is 2.30. The van der Waals surface area contributed by atoms with Crippen molar-refractivity contribution in [3.63, 3.8) is 0 Å². The van der Waals surface area contributed by atoms with Gasteiger partial charge in [0, 0.05) is 13.1 Å². The molecule has 0 aliphatic carbocycles. The molecule has 206 valence electrons. The predicted octanol–water partition coefficient (Wildman–Crippen LogP) is 3.06. The van der Waals surface area contributed by atoms with E-state index in [2.05, 4.69) is 0 Å². The van der Waals surface area contributed by atoms with Crippen molar-refractivity contribution in [3.8, 4) is 11.4 Å². The fourth-order valence-corrected chi connectivity index (χ4v) is 6.25. The third-order valence-corrected chi connectivity index (χ3v) is 8.26. The molecule has 0 aliphatic heterocycles. The summed E-state index contributed by atoms with van der Waals surface area (Å²) in [5, 5.41) is 0.453. The standard InChI is InChI=1S/C32H34N4O4/c1-5-17-9-11-27(19(7-3)25(17)15-33)35-29(37)21-13-23-24(14-22(21)30(35)38)32(40)36(31(23)39)28-12-10-18(6-2)26(16-34)20(28)8-4/h9-14H,5-8,15-16,33-34H2,1-4H3. The molecule has 40 heavy (non-hydrogen) atoms. The van der Waals surface area contributed by atoms with Crippen LogP contribution in [0.3, 0.4) is 0 Å². The van der Waals surface area contributed by atoms with Gasteiger partial charge in [0.05, 0.1) is 32.9 Å². The van der Waals surface area contributed by atoms with Crippen molar-refractivity contribution in [2.75, 3.05) is 0 Å². The van der Waals surface area contributed by atoms with E-state index in [9.17, 15) is 19.2 Å². The number of hydrogen-bond donors (Lipinski definition) is 2. The minimum atomic E-state index is -0.518. The Morgan fingerprint density at radius 3 is 1.07 bits per heavy atom. The van der Waals surface area contributed by atoms with Gasteiger partial charge in [-0.2, -0.15) is 0 Å². The SMILES string of the molecule is CCc1ccc(-n2c(=O)c3cc4c(=O)n(-c5ccc(CC)c(CN)c5CC)c(=O)c4cc3c2=O)c(CC)c1CN. The molecule has 0 spiro atoms. The van der Waals surface area contributed by atoms with Gasteiger partial charge < -0.3 is 11.5 Å². The van der Waals surface area contributed by atoms with E-state index in [0.29, 0.717) is 37.3 Å². The Morgan fingerprint density at radius 1 is 0.500 bits per heavy atom. The van der Waals surface area contributed by atoms with Gasteiger partial charge in [-0.15, -0.1) is 0 Å². The van der Waals surface area contributed by atoms with Crippen molar-refractivity contribution in [2.45, 2.75) is 66.5 Å². The normalized spacial score (nSPS) is 11.8. The van der Waals surface area contributed by atoms with Crippen LogP contribution in [0.5, 0.6) is 0 Å². The number of aromatic nitrogens is 2. The lowest BCUT2D eigenvalue weighted by Gasteiger charge is -2.16. The minimum absolute atomic E-state index is 0.113. The molecule has 0 saturated carbocycles. The van der Waals surface area contributed by atoms with Crippen LogP contribution in [0.2, 0.25) is 0 Å². The summed E-state index contributed by atoms with van der Waals surface area (Å²) >= 11 is 0. The Morgan fingerprint density at radius 2 is 0.825 bits per heavy atom. The summed E-state index contributed by atoms with van der Waals surface area (Å²) in [7, 11) is 0. The highest BCUT2D eigenvalue weighted by atomic mass is 16.2. The zero-order chi connectivity index (χ0) is 28.9. The van der Waals surface area contributed by atoms with E-state index in [1.807, 2.05) is 39.8 Å². The molecule has 0 radical (unpaired) electrons. The fourth-order valence-electron chi connectivity index (χ4n) is 6.25. The number of nitrogens with zero attached hydrogens (tertiary/aromatic N) is 2. The van der Waals surface area contributed by atoms with Crippen LogP contribution in [0.1, 0.15) is 61.1 Å². The van der Waals surface area contributed by atoms with E-state index in [1.165, 1.54) is 12.1 Å². The molecule has 0 fully saturated rings. The molecule has 4 N–H and O–H groups in total. The Labute approximate surface area is 231 Å². The van der Waals surface area contributed by atoms with Gasteiger partial charge in [-0.3, -0.25) is 19.2 Å². The molecule has 0 bridgehead atoms. The van der Waals surface area contributed by atoms with Crippen LogP contribution < -0.4 is 33.7 Å². The second-order valence-corrected chi connectivity index (χ2v) is 10.1.